The van der Waals surface area contributed by atoms with Gasteiger partial charge in [-0.2, -0.15) is 0 Å². The standard InChI is InChI=1S/C13H19NO2/c1-3-5-11(4-2)14-12-8-6-10(7-9-12)13(15)16/h6-9,11,14H,3-5H2,1-2H3,(H,15,16). The lowest BCUT2D eigenvalue weighted by Crippen LogP contribution is -2.17. The third-order valence-corrected chi connectivity index (χ3v) is 2.63. The monoisotopic (exact) mass is 221 g/mol. The molecule has 1 atom stereocenters. The Labute approximate surface area is 96.5 Å². The van der Waals surface area contributed by atoms with Gasteiger partial charge in [0.1, 0.15) is 0 Å². The van der Waals surface area contributed by atoms with E-state index in [1.165, 1.54) is 0 Å². The predicted octanol–water partition coefficient (Wildman–Crippen LogP) is 3.38. The fourth-order valence-electron chi connectivity index (χ4n) is 1.67. The predicted molar refractivity (Wildman–Crippen MR) is 66.0 cm³/mol. The van der Waals surface area contributed by atoms with Gasteiger partial charge in [0.05, 0.1) is 5.56 Å². The number of benzene rings is 1. The van der Waals surface area contributed by atoms with E-state index in [9.17, 15) is 4.79 Å². The fraction of sp³-hybridized carbons (Fsp3) is 0.462. The minimum absolute atomic E-state index is 0.328. The summed E-state index contributed by atoms with van der Waals surface area (Å²) in [6, 6.07) is 7.37. The lowest BCUT2D eigenvalue weighted by atomic mass is 10.1. The molecule has 0 fully saturated rings. The third-order valence-electron chi connectivity index (χ3n) is 2.63. The number of carboxylic acids is 1. The van der Waals surface area contributed by atoms with Gasteiger partial charge in [-0.3, -0.25) is 0 Å². The van der Waals surface area contributed by atoms with E-state index >= 15 is 0 Å². The van der Waals surface area contributed by atoms with Crippen LogP contribution in [0.4, 0.5) is 5.69 Å². The van der Waals surface area contributed by atoms with E-state index in [0.717, 1.165) is 24.9 Å². The average molecular weight is 221 g/mol. The zero-order valence-corrected chi connectivity index (χ0v) is 9.86. The Morgan fingerprint density at radius 2 is 1.94 bits per heavy atom. The molecule has 0 aliphatic rings. The van der Waals surface area contributed by atoms with E-state index in [4.69, 9.17) is 5.11 Å². The SMILES string of the molecule is CCCC(CC)Nc1ccc(C(=O)O)cc1. The molecule has 0 heterocycles. The van der Waals surface area contributed by atoms with Crippen molar-refractivity contribution in [2.24, 2.45) is 0 Å². The highest BCUT2D eigenvalue weighted by Gasteiger charge is 2.05. The summed E-state index contributed by atoms with van der Waals surface area (Å²) in [7, 11) is 0. The maximum Gasteiger partial charge on any atom is 0.335 e. The summed E-state index contributed by atoms with van der Waals surface area (Å²) >= 11 is 0. The van der Waals surface area contributed by atoms with Crippen LogP contribution in [0.5, 0.6) is 0 Å². The molecule has 0 amide bonds. The normalized spacial score (nSPS) is 12.1. The number of rotatable bonds is 6. The molecule has 0 aromatic heterocycles. The first-order valence-corrected chi connectivity index (χ1v) is 5.77. The number of carboxylic acid groups (broad SMARTS) is 1. The maximum atomic E-state index is 10.7. The number of carbonyl (C=O) groups is 1. The molecule has 3 heteroatoms. The van der Waals surface area contributed by atoms with Crippen LogP contribution >= 0.6 is 0 Å². The highest BCUT2D eigenvalue weighted by atomic mass is 16.4. The van der Waals surface area contributed by atoms with Crippen molar-refractivity contribution in [2.45, 2.75) is 39.2 Å². The van der Waals surface area contributed by atoms with E-state index in [2.05, 4.69) is 19.2 Å². The van der Waals surface area contributed by atoms with Gasteiger partial charge < -0.3 is 10.4 Å². The third kappa shape index (κ3) is 3.57. The largest absolute Gasteiger partial charge is 0.478 e. The molecule has 0 spiro atoms. The summed E-state index contributed by atoms with van der Waals surface area (Å²) in [5, 5.41) is 12.2. The zero-order valence-electron chi connectivity index (χ0n) is 9.86. The Hall–Kier alpha value is -1.51. The van der Waals surface area contributed by atoms with Crippen LogP contribution in [0.25, 0.3) is 0 Å². The van der Waals surface area contributed by atoms with Crippen LogP contribution in [0, 0.1) is 0 Å². The van der Waals surface area contributed by atoms with Gasteiger partial charge >= 0.3 is 5.97 Å². The van der Waals surface area contributed by atoms with Crippen LogP contribution in [0.2, 0.25) is 0 Å². The molecule has 1 unspecified atom stereocenters. The van der Waals surface area contributed by atoms with Crippen molar-refractivity contribution in [1.29, 1.82) is 0 Å². The van der Waals surface area contributed by atoms with Crippen molar-refractivity contribution in [1.82, 2.24) is 0 Å². The number of nitrogens with one attached hydrogen (secondary N) is 1. The van der Waals surface area contributed by atoms with E-state index in [1.807, 2.05) is 12.1 Å². The van der Waals surface area contributed by atoms with Gasteiger partial charge in [-0.05, 0) is 37.1 Å². The Morgan fingerprint density at radius 3 is 2.38 bits per heavy atom. The Balaban J connectivity index is 2.63. The van der Waals surface area contributed by atoms with Crippen molar-refractivity contribution < 1.29 is 9.90 Å². The summed E-state index contributed by atoms with van der Waals surface area (Å²) in [4.78, 5) is 10.7. The second-order valence-corrected chi connectivity index (χ2v) is 3.92. The number of aromatic carboxylic acids is 1. The smallest absolute Gasteiger partial charge is 0.335 e. The molecule has 1 aromatic rings. The molecule has 0 saturated carbocycles. The summed E-state index contributed by atoms with van der Waals surface area (Å²) in [6.45, 7) is 4.32. The number of hydrogen-bond acceptors (Lipinski definition) is 2. The van der Waals surface area contributed by atoms with Crippen LogP contribution in [0.1, 0.15) is 43.5 Å². The minimum atomic E-state index is -0.882. The summed E-state index contributed by atoms with van der Waals surface area (Å²) in [5.41, 5.74) is 1.32. The lowest BCUT2D eigenvalue weighted by Gasteiger charge is -2.17. The van der Waals surface area contributed by atoms with Crippen molar-refractivity contribution in [3.63, 3.8) is 0 Å². The summed E-state index contributed by atoms with van der Waals surface area (Å²) in [5.74, 6) is -0.882. The number of anilines is 1. The molecular formula is C13H19NO2. The minimum Gasteiger partial charge on any atom is -0.478 e. The quantitative estimate of drug-likeness (QED) is 0.774. The molecule has 0 saturated heterocycles. The second kappa shape index (κ2) is 6.16. The van der Waals surface area contributed by atoms with Gasteiger partial charge in [-0.15, -0.1) is 0 Å². The molecule has 1 rings (SSSR count). The van der Waals surface area contributed by atoms with Crippen molar-refractivity contribution in [3.05, 3.63) is 29.8 Å². The number of hydrogen-bond donors (Lipinski definition) is 2. The van der Waals surface area contributed by atoms with Crippen LogP contribution < -0.4 is 5.32 Å². The van der Waals surface area contributed by atoms with E-state index in [1.54, 1.807) is 12.1 Å². The van der Waals surface area contributed by atoms with Gasteiger partial charge in [0.25, 0.3) is 0 Å². The van der Waals surface area contributed by atoms with Gasteiger partial charge in [0.2, 0.25) is 0 Å². The summed E-state index contributed by atoms with van der Waals surface area (Å²) < 4.78 is 0. The molecule has 88 valence electrons. The van der Waals surface area contributed by atoms with Gasteiger partial charge in [0, 0.05) is 11.7 Å². The molecule has 0 bridgehead atoms. The van der Waals surface area contributed by atoms with Crippen LogP contribution in [0.3, 0.4) is 0 Å². The Bertz CT molecular complexity index is 332. The highest BCUT2D eigenvalue weighted by molar-refractivity contribution is 5.87. The van der Waals surface area contributed by atoms with Crippen LogP contribution in [-0.2, 0) is 0 Å². The van der Waals surface area contributed by atoms with Gasteiger partial charge in [0.15, 0.2) is 0 Å². The lowest BCUT2D eigenvalue weighted by molar-refractivity contribution is 0.0697. The zero-order chi connectivity index (χ0) is 12.0. The molecule has 0 radical (unpaired) electrons. The average Bonchev–Trinajstić information content (AvgIpc) is 2.29. The molecular weight excluding hydrogens is 202 g/mol. The molecule has 2 N–H and O–H groups in total. The molecule has 1 aromatic carbocycles. The van der Waals surface area contributed by atoms with Gasteiger partial charge in [-0.25, -0.2) is 4.79 Å². The van der Waals surface area contributed by atoms with E-state index < -0.39 is 5.97 Å². The van der Waals surface area contributed by atoms with Crippen molar-refractivity contribution >= 4 is 11.7 Å². The highest BCUT2D eigenvalue weighted by Crippen LogP contribution is 2.14. The topological polar surface area (TPSA) is 49.3 Å². The first kappa shape index (κ1) is 12.6. The van der Waals surface area contributed by atoms with Gasteiger partial charge in [-0.1, -0.05) is 20.3 Å². The van der Waals surface area contributed by atoms with E-state index in [-0.39, 0.29) is 0 Å². The Morgan fingerprint density at radius 1 is 1.31 bits per heavy atom. The van der Waals surface area contributed by atoms with Crippen LogP contribution in [-0.4, -0.2) is 17.1 Å². The fourth-order valence-corrected chi connectivity index (χ4v) is 1.67. The molecule has 0 aliphatic carbocycles. The Kier molecular flexibility index (Phi) is 4.83. The van der Waals surface area contributed by atoms with E-state index in [0.29, 0.717) is 11.6 Å². The molecule has 3 nitrogen and oxygen atoms in total. The van der Waals surface area contributed by atoms with Crippen molar-refractivity contribution in [2.75, 3.05) is 5.32 Å². The first-order valence-electron chi connectivity index (χ1n) is 5.77. The molecule has 16 heavy (non-hydrogen) atoms. The molecule has 0 aliphatic heterocycles. The second-order valence-electron chi connectivity index (χ2n) is 3.92. The summed E-state index contributed by atoms with van der Waals surface area (Å²) in [6.07, 6.45) is 3.37. The first-order chi connectivity index (χ1) is 7.67. The van der Waals surface area contributed by atoms with Crippen molar-refractivity contribution in [3.8, 4) is 0 Å². The van der Waals surface area contributed by atoms with Crippen LogP contribution in [0.15, 0.2) is 24.3 Å². The maximum absolute atomic E-state index is 10.7.